The maximum absolute atomic E-state index is 12.9. The van der Waals surface area contributed by atoms with Gasteiger partial charge in [-0.05, 0) is 36.0 Å². The van der Waals surface area contributed by atoms with Crippen molar-refractivity contribution >= 4 is 29.0 Å². The predicted octanol–water partition coefficient (Wildman–Crippen LogP) is 4.00. The van der Waals surface area contributed by atoms with Gasteiger partial charge in [0.25, 0.3) is 11.0 Å². The van der Waals surface area contributed by atoms with Crippen LogP contribution in [0, 0.1) is 0 Å². The molecule has 0 unspecified atom stereocenters. The number of aromatic nitrogens is 6. The molecule has 12 heteroatoms. The van der Waals surface area contributed by atoms with Crippen LogP contribution in [0.5, 0.6) is 0 Å². The highest BCUT2D eigenvalue weighted by atomic mass is 35.5. The second-order valence-corrected chi connectivity index (χ2v) is 6.30. The summed E-state index contributed by atoms with van der Waals surface area (Å²) < 4.78 is 44.9. The molecular weight excluding hydrogens is 393 g/mol. The van der Waals surface area contributed by atoms with Gasteiger partial charge in [-0.1, -0.05) is 23.7 Å². The Balaban J connectivity index is 1.65. The lowest BCUT2D eigenvalue weighted by molar-refractivity contribution is -0.146. The first-order valence-electron chi connectivity index (χ1n) is 6.98. The van der Waals surface area contributed by atoms with E-state index < -0.39 is 12.0 Å². The third kappa shape index (κ3) is 3.10. The molecule has 0 aliphatic rings. The molecule has 132 valence electrons. The highest BCUT2D eigenvalue weighted by Crippen LogP contribution is 2.32. The molecule has 0 radical (unpaired) electrons. The second-order valence-electron chi connectivity index (χ2n) is 4.92. The fourth-order valence-electron chi connectivity index (χ4n) is 2.09. The molecule has 4 aromatic rings. The molecule has 7 nitrogen and oxygen atoms in total. The summed E-state index contributed by atoms with van der Waals surface area (Å²) in [7, 11) is 0. The third-order valence-electron chi connectivity index (χ3n) is 3.19. The molecule has 0 amide bonds. The molecule has 0 atom stereocenters. The Morgan fingerprint density at radius 1 is 1.00 bits per heavy atom. The van der Waals surface area contributed by atoms with Gasteiger partial charge in [-0.3, -0.25) is 0 Å². The van der Waals surface area contributed by atoms with Gasteiger partial charge < -0.3 is 4.42 Å². The van der Waals surface area contributed by atoms with E-state index in [4.69, 9.17) is 16.0 Å². The number of hydrogen-bond acceptors (Lipinski definition) is 7. The van der Waals surface area contributed by atoms with Crippen molar-refractivity contribution < 1.29 is 17.6 Å². The average molecular weight is 399 g/mol. The quantitative estimate of drug-likeness (QED) is 0.516. The number of alkyl halides is 3. The minimum atomic E-state index is -4.67. The monoisotopic (exact) mass is 398 g/mol. The van der Waals surface area contributed by atoms with Crippen LogP contribution in [-0.4, -0.2) is 30.0 Å². The van der Waals surface area contributed by atoms with Crippen molar-refractivity contribution in [2.45, 2.75) is 16.4 Å². The smallest absolute Gasteiger partial charge is 0.411 e. The summed E-state index contributed by atoms with van der Waals surface area (Å²) in [4.78, 5) is 0. The van der Waals surface area contributed by atoms with Gasteiger partial charge in [-0.15, -0.1) is 20.4 Å². The molecule has 0 fully saturated rings. The van der Waals surface area contributed by atoms with Crippen LogP contribution in [0.4, 0.5) is 13.2 Å². The zero-order valence-electron chi connectivity index (χ0n) is 12.5. The van der Waals surface area contributed by atoms with Crippen LogP contribution < -0.4 is 0 Å². The van der Waals surface area contributed by atoms with E-state index in [2.05, 4.69) is 25.5 Å². The number of nitrogens with zero attached hydrogens (tertiary/aromatic N) is 6. The normalized spacial score (nSPS) is 12.0. The van der Waals surface area contributed by atoms with E-state index in [9.17, 15) is 13.2 Å². The van der Waals surface area contributed by atoms with E-state index in [1.807, 2.05) is 0 Å². The van der Waals surface area contributed by atoms with E-state index in [-0.39, 0.29) is 21.8 Å². The largest absolute Gasteiger partial charge is 0.453 e. The Morgan fingerprint density at radius 2 is 1.81 bits per heavy atom. The highest BCUT2D eigenvalue weighted by molar-refractivity contribution is 7.99. The van der Waals surface area contributed by atoms with E-state index in [1.54, 1.807) is 24.3 Å². The maximum atomic E-state index is 12.9. The van der Waals surface area contributed by atoms with E-state index in [0.717, 1.165) is 11.8 Å². The van der Waals surface area contributed by atoms with Gasteiger partial charge in [0.2, 0.25) is 5.89 Å². The first-order valence-corrected chi connectivity index (χ1v) is 8.17. The summed E-state index contributed by atoms with van der Waals surface area (Å²) in [5.41, 5.74) is 0.527. The van der Waals surface area contributed by atoms with Gasteiger partial charge in [0.05, 0.1) is 10.6 Å². The third-order valence-corrected chi connectivity index (χ3v) is 4.29. The molecule has 0 aliphatic carbocycles. The minimum absolute atomic E-state index is 0.0241. The Labute approximate surface area is 152 Å². The van der Waals surface area contributed by atoms with Crippen molar-refractivity contribution in [3.8, 4) is 11.5 Å². The zero-order chi connectivity index (χ0) is 18.3. The Morgan fingerprint density at radius 3 is 2.58 bits per heavy atom. The van der Waals surface area contributed by atoms with Crippen LogP contribution in [0.1, 0.15) is 5.82 Å². The Hall–Kier alpha value is -2.66. The Kier molecular flexibility index (Phi) is 4.04. The number of rotatable bonds is 3. The molecule has 0 aliphatic heterocycles. The summed E-state index contributed by atoms with van der Waals surface area (Å²) in [6.45, 7) is 0. The lowest BCUT2D eigenvalue weighted by Gasteiger charge is -2.03. The standard InChI is InChI=1S/C14H6ClF3N6OS/c15-8-4-2-1-3-7(8)11-20-22-13(25-11)26-10-6-5-9-19-21-12(14(16,17)18)24(9)23-10/h1-6H. The lowest BCUT2D eigenvalue weighted by atomic mass is 10.2. The lowest BCUT2D eigenvalue weighted by Crippen LogP contribution is -2.12. The molecule has 1 aromatic carbocycles. The topological polar surface area (TPSA) is 82.0 Å². The van der Waals surface area contributed by atoms with Crippen LogP contribution in [0.2, 0.25) is 5.02 Å². The van der Waals surface area contributed by atoms with Gasteiger partial charge in [-0.25, -0.2) is 0 Å². The van der Waals surface area contributed by atoms with Crippen LogP contribution in [-0.2, 0) is 6.18 Å². The number of halogens is 4. The highest BCUT2D eigenvalue weighted by Gasteiger charge is 2.37. The van der Waals surface area contributed by atoms with E-state index in [1.165, 1.54) is 12.1 Å². The molecule has 0 bridgehead atoms. The molecule has 0 N–H and O–H groups in total. The average Bonchev–Trinajstić information content (AvgIpc) is 3.21. The van der Waals surface area contributed by atoms with E-state index >= 15 is 0 Å². The Bertz CT molecular complexity index is 1100. The van der Waals surface area contributed by atoms with Gasteiger partial charge in [0, 0.05) is 0 Å². The molecular formula is C14H6ClF3N6OS. The van der Waals surface area contributed by atoms with Crippen LogP contribution in [0.3, 0.4) is 0 Å². The fourth-order valence-corrected chi connectivity index (χ4v) is 2.94. The maximum Gasteiger partial charge on any atom is 0.453 e. The summed E-state index contributed by atoms with van der Waals surface area (Å²) in [5.74, 6) is -1.02. The van der Waals surface area contributed by atoms with Crippen molar-refractivity contribution in [1.82, 2.24) is 30.0 Å². The SMILES string of the molecule is FC(F)(F)c1nnc2ccc(Sc3nnc(-c4ccccc4Cl)o3)nn12. The summed E-state index contributed by atoms with van der Waals surface area (Å²) >= 11 is 6.98. The zero-order valence-corrected chi connectivity index (χ0v) is 14.0. The predicted molar refractivity (Wildman–Crippen MR) is 84.7 cm³/mol. The van der Waals surface area contributed by atoms with Crippen LogP contribution in [0.15, 0.2) is 51.1 Å². The van der Waals surface area contributed by atoms with Crippen molar-refractivity contribution in [1.29, 1.82) is 0 Å². The minimum Gasteiger partial charge on any atom is -0.411 e. The van der Waals surface area contributed by atoms with Gasteiger partial charge in [-0.2, -0.15) is 22.8 Å². The van der Waals surface area contributed by atoms with Gasteiger partial charge >= 0.3 is 6.18 Å². The van der Waals surface area contributed by atoms with Crippen molar-refractivity contribution in [2.24, 2.45) is 0 Å². The number of hydrogen-bond donors (Lipinski definition) is 0. The molecule has 26 heavy (non-hydrogen) atoms. The molecule has 0 saturated heterocycles. The van der Waals surface area contributed by atoms with E-state index in [0.29, 0.717) is 15.1 Å². The van der Waals surface area contributed by atoms with Crippen molar-refractivity contribution in [3.05, 3.63) is 47.2 Å². The first kappa shape index (κ1) is 16.8. The summed E-state index contributed by atoms with van der Waals surface area (Å²) in [6.07, 6.45) is -4.67. The summed E-state index contributed by atoms with van der Waals surface area (Å²) in [6, 6.07) is 9.75. The van der Waals surface area contributed by atoms with Gasteiger partial charge in [0.15, 0.2) is 5.65 Å². The second kappa shape index (κ2) is 6.25. The summed E-state index contributed by atoms with van der Waals surface area (Å²) in [5, 5.41) is 18.9. The van der Waals surface area contributed by atoms with Crippen molar-refractivity contribution in [3.63, 3.8) is 0 Å². The molecule has 4 rings (SSSR count). The number of fused-ring (bicyclic) bond motifs is 1. The fraction of sp³-hybridized carbons (Fsp3) is 0.0714. The first-order chi connectivity index (χ1) is 12.4. The van der Waals surface area contributed by atoms with Crippen molar-refractivity contribution in [2.75, 3.05) is 0 Å². The molecule has 3 aromatic heterocycles. The van der Waals surface area contributed by atoms with Gasteiger partial charge in [0.1, 0.15) is 5.03 Å². The molecule has 0 saturated carbocycles. The number of benzene rings is 1. The van der Waals surface area contributed by atoms with Crippen LogP contribution in [0.25, 0.3) is 17.1 Å². The molecule has 3 heterocycles. The molecule has 0 spiro atoms. The van der Waals surface area contributed by atoms with Crippen LogP contribution >= 0.6 is 23.4 Å².